The van der Waals surface area contributed by atoms with E-state index in [-0.39, 0.29) is 5.91 Å². The third-order valence-electron chi connectivity index (χ3n) is 4.23. The number of hydrogen-bond acceptors (Lipinski definition) is 2. The number of carbonyl (C=O) groups excluding carboxylic acids is 1. The summed E-state index contributed by atoms with van der Waals surface area (Å²) in [7, 11) is 0. The smallest absolute Gasteiger partial charge is 0.255 e. The summed E-state index contributed by atoms with van der Waals surface area (Å²) in [4.78, 5) is 18.8. The van der Waals surface area contributed by atoms with Gasteiger partial charge in [0, 0.05) is 18.8 Å². The second-order valence-electron chi connectivity index (χ2n) is 5.27. The molecule has 2 atom stereocenters. The van der Waals surface area contributed by atoms with Crippen LogP contribution in [0.15, 0.2) is 22.9 Å². The third kappa shape index (κ3) is 2.18. The minimum atomic E-state index is 0.159. The molecular formula is C14H17BrN2O. The van der Waals surface area contributed by atoms with E-state index in [0.29, 0.717) is 11.6 Å². The highest BCUT2D eigenvalue weighted by molar-refractivity contribution is 9.10. The summed E-state index contributed by atoms with van der Waals surface area (Å²) in [6.45, 7) is 0.913. The van der Waals surface area contributed by atoms with Crippen molar-refractivity contribution in [2.45, 2.75) is 38.1 Å². The molecular weight excluding hydrogens is 292 g/mol. The number of amides is 1. The van der Waals surface area contributed by atoms with E-state index in [1.54, 1.807) is 6.20 Å². The number of aromatic nitrogens is 1. The number of hydrogen-bond donors (Lipinski definition) is 0. The van der Waals surface area contributed by atoms with E-state index in [9.17, 15) is 4.79 Å². The minimum Gasteiger partial charge on any atom is -0.335 e. The number of rotatable bonds is 1. The highest BCUT2D eigenvalue weighted by Crippen LogP contribution is 2.37. The first-order valence-corrected chi connectivity index (χ1v) is 7.47. The Morgan fingerprint density at radius 1 is 1.28 bits per heavy atom. The molecule has 18 heavy (non-hydrogen) atoms. The zero-order valence-electron chi connectivity index (χ0n) is 10.3. The molecule has 1 saturated carbocycles. The lowest BCUT2D eigenvalue weighted by atomic mass is 9.91. The van der Waals surface area contributed by atoms with Gasteiger partial charge < -0.3 is 4.90 Å². The van der Waals surface area contributed by atoms with Crippen molar-refractivity contribution in [1.29, 1.82) is 0 Å². The molecule has 96 valence electrons. The summed E-state index contributed by atoms with van der Waals surface area (Å²) in [6, 6.07) is 4.18. The molecule has 0 bridgehead atoms. The molecule has 2 heterocycles. The van der Waals surface area contributed by atoms with Crippen molar-refractivity contribution in [3.05, 3.63) is 28.5 Å². The number of fused-ring (bicyclic) bond motifs is 1. The highest BCUT2D eigenvalue weighted by atomic mass is 79.9. The van der Waals surface area contributed by atoms with Gasteiger partial charge in [-0.2, -0.15) is 0 Å². The van der Waals surface area contributed by atoms with Crippen LogP contribution in [0, 0.1) is 5.92 Å². The van der Waals surface area contributed by atoms with Crippen LogP contribution >= 0.6 is 15.9 Å². The summed E-state index contributed by atoms with van der Waals surface area (Å²) in [5.74, 6) is 0.901. The van der Waals surface area contributed by atoms with E-state index in [1.165, 1.54) is 25.7 Å². The fourth-order valence-corrected chi connectivity index (χ4v) is 3.61. The lowest BCUT2D eigenvalue weighted by molar-refractivity contribution is 0.0548. The Bertz CT molecular complexity index is 446. The van der Waals surface area contributed by atoms with Crippen molar-refractivity contribution in [2.75, 3.05) is 6.54 Å². The fraction of sp³-hybridized carbons (Fsp3) is 0.571. The molecule has 0 N–H and O–H groups in total. The van der Waals surface area contributed by atoms with Crippen LogP contribution in [0.3, 0.4) is 0 Å². The average molecular weight is 309 g/mol. The molecule has 0 aromatic carbocycles. The Hall–Kier alpha value is -0.900. The van der Waals surface area contributed by atoms with Crippen LogP contribution in [0.25, 0.3) is 0 Å². The van der Waals surface area contributed by atoms with Gasteiger partial charge in [0.25, 0.3) is 5.91 Å². The monoisotopic (exact) mass is 308 g/mol. The van der Waals surface area contributed by atoms with Gasteiger partial charge in [0.05, 0.1) is 5.56 Å². The van der Waals surface area contributed by atoms with Gasteiger partial charge in [-0.1, -0.05) is 6.42 Å². The number of nitrogens with zero attached hydrogens (tertiary/aromatic N) is 2. The number of piperidine rings is 1. The zero-order chi connectivity index (χ0) is 12.5. The van der Waals surface area contributed by atoms with E-state index < -0.39 is 0 Å². The van der Waals surface area contributed by atoms with Crippen LogP contribution < -0.4 is 0 Å². The van der Waals surface area contributed by atoms with E-state index >= 15 is 0 Å². The SMILES string of the molecule is O=C(c1ccc(Br)nc1)N1CCCC2CCCC21. The van der Waals surface area contributed by atoms with E-state index in [1.807, 2.05) is 12.1 Å². The van der Waals surface area contributed by atoms with Crippen LogP contribution in [0.2, 0.25) is 0 Å². The number of carbonyl (C=O) groups is 1. The van der Waals surface area contributed by atoms with Gasteiger partial charge >= 0.3 is 0 Å². The Morgan fingerprint density at radius 3 is 2.89 bits per heavy atom. The first-order valence-electron chi connectivity index (χ1n) is 6.68. The Kier molecular flexibility index (Phi) is 3.37. The first kappa shape index (κ1) is 12.2. The quantitative estimate of drug-likeness (QED) is 0.746. The summed E-state index contributed by atoms with van der Waals surface area (Å²) in [6.07, 6.45) is 7.87. The summed E-state index contributed by atoms with van der Waals surface area (Å²) in [5, 5.41) is 0. The van der Waals surface area contributed by atoms with Gasteiger partial charge in [-0.25, -0.2) is 4.98 Å². The molecule has 1 saturated heterocycles. The Balaban J connectivity index is 1.81. The van der Waals surface area contributed by atoms with E-state index in [0.717, 1.165) is 23.5 Å². The molecule has 2 fully saturated rings. The Morgan fingerprint density at radius 2 is 2.11 bits per heavy atom. The molecule has 2 aliphatic rings. The zero-order valence-corrected chi connectivity index (χ0v) is 11.9. The topological polar surface area (TPSA) is 33.2 Å². The normalized spacial score (nSPS) is 27.1. The second kappa shape index (κ2) is 5.00. The first-order chi connectivity index (χ1) is 8.75. The van der Waals surface area contributed by atoms with Crippen molar-refractivity contribution in [3.63, 3.8) is 0 Å². The molecule has 2 unspecified atom stereocenters. The predicted molar refractivity (Wildman–Crippen MR) is 73.3 cm³/mol. The molecule has 1 aliphatic carbocycles. The van der Waals surface area contributed by atoms with Gasteiger partial charge in [0.2, 0.25) is 0 Å². The van der Waals surface area contributed by atoms with Crippen LogP contribution in [0.4, 0.5) is 0 Å². The fourth-order valence-electron chi connectivity index (χ4n) is 3.37. The van der Waals surface area contributed by atoms with Crippen molar-refractivity contribution in [3.8, 4) is 0 Å². The molecule has 3 nitrogen and oxygen atoms in total. The predicted octanol–water partition coefficient (Wildman–Crippen LogP) is 3.25. The van der Waals surface area contributed by atoms with Gasteiger partial charge in [-0.15, -0.1) is 0 Å². The average Bonchev–Trinajstić information content (AvgIpc) is 2.87. The van der Waals surface area contributed by atoms with Gasteiger partial charge in [-0.3, -0.25) is 4.79 Å². The minimum absolute atomic E-state index is 0.159. The van der Waals surface area contributed by atoms with Gasteiger partial charge in [0.15, 0.2) is 0 Å². The number of likely N-dealkylation sites (tertiary alicyclic amines) is 1. The van der Waals surface area contributed by atoms with Crippen molar-refractivity contribution in [2.24, 2.45) is 5.92 Å². The molecule has 1 amide bonds. The Labute approximate surface area is 116 Å². The van der Waals surface area contributed by atoms with Gasteiger partial charge in [-0.05, 0) is 59.7 Å². The van der Waals surface area contributed by atoms with Crippen LogP contribution in [-0.4, -0.2) is 28.4 Å². The molecule has 1 aromatic heterocycles. The molecule has 3 rings (SSSR count). The molecule has 0 spiro atoms. The van der Waals surface area contributed by atoms with E-state index in [4.69, 9.17) is 0 Å². The maximum atomic E-state index is 12.5. The maximum Gasteiger partial charge on any atom is 0.255 e. The largest absolute Gasteiger partial charge is 0.335 e. The highest BCUT2D eigenvalue weighted by Gasteiger charge is 2.37. The lowest BCUT2D eigenvalue weighted by Gasteiger charge is -2.37. The summed E-state index contributed by atoms with van der Waals surface area (Å²) >= 11 is 3.30. The van der Waals surface area contributed by atoms with Crippen molar-refractivity contribution >= 4 is 21.8 Å². The summed E-state index contributed by atoms with van der Waals surface area (Å²) < 4.78 is 0.774. The molecule has 4 heteroatoms. The van der Waals surface area contributed by atoms with Gasteiger partial charge in [0.1, 0.15) is 4.60 Å². The maximum absolute atomic E-state index is 12.5. The van der Waals surface area contributed by atoms with Crippen LogP contribution in [0.5, 0.6) is 0 Å². The standard InChI is InChI=1S/C14H17BrN2O/c15-13-7-6-11(9-16-13)14(18)17-8-2-4-10-3-1-5-12(10)17/h6-7,9-10,12H,1-5,8H2. The summed E-state index contributed by atoms with van der Waals surface area (Å²) in [5.41, 5.74) is 0.714. The molecule has 1 aliphatic heterocycles. The number of pyridine rings is 1. The third-order valence-corrected chi connectivity index (χ3v) is 4.70. The molecule has 0 radical (unpaired) electrons. The van der Waals surface area contributed by atoms with Crippen LogP contribution in [0.1, 0.15) is 42.5 Å². The van der Waals surface area contributed by atoms with Crippen molar-refractivity contribution < 1.29 is 4.79 Å². The molecule has 1 aromatic rings. The number of halogens is 1. The lowest BCUT2D eigenvalue weighted by Crippen LogP contribution is -2.46. The van der Waals surface area contributed by atoms with Crippen LogP contribution in [-0.2, 0) is 0 Å². The van der Waals surface area contributed by atoms with E-state index in [2.05, 4.69) is 25.8 Å². The van der Waals surface area contributed by atoms with Crippen molar-refractivity contribution in [1.82, 2.24) is 9.88 Å². The second-order valence-corrected chi connectivity index (χ2v) is 6.08.